The van der Waals surface area contributed by atoms with Crippen LogP contribution < -0.4 is 21.3 Å². The molecule has 0 aromatic carbocycles. The topological polar surface area (TPSA) is 166 Å². The fourth-order valence-corrected chi connectivity index (χ4v) is 8.18. The largest absolute Gasteiger partial charge is 0.370 e. The number of hydrogen-bond donors (Lipinski definition) is 4. The summed E-state index contributed by atoms with van der Waals surface area (Å²) in [6.07, 6.45) is 13.8. The van der Waals surface area contributed by atoms with Crippen LogP contribution in [0.1, 0.15) is 105 Å². The van der Waals surface area contributed by atoms with Crippen molar-refractivity contribution < 1.29 is 33.5 Å². The van der Waals surface area contributed by atoms with Crippen molar-refractivity contribution in [2.75, 3.05) is 26.2 Å². The fraction of sp³-hybridized carbons (Fsp3) is 0.744. The molecule has 3 heterocycles. The van der Waals surface area contributed by atoms with Crippen molar-refractivity contribution in [3.05, 3.63) is 12.7 Å². The summed E-state index contributed by atoms with van der Waals surface area (Å²) in [7, 11) is 0. The number of likely N-dealkylation sites (tertiary alicyclic amines) is 2. The number of Topliss-reactive ketones (excluding diaryl/α,β-unsaturated/α-hetero) is 1. The minimum atomic E-state index is -1.20. The summed E-state index contributed by atoms with van der Waals surface area (Å²) >= 11 is 0. The van der Waals surface area contributed by atoms with E-state index >= 15 is 0 Å². The lowest BCUT2D eigenvalue weighted by molar-refractivity contribution is -0.144. The van der Waals surface area contributed by atoms with Gasteiger partial charge in [-0.3, -0.25) is 24.0 Å². The number of urea groups is 1. The molecule has 4 rings (SSSR count). The molecule has 1 unspecified atom stereocenters. The molecule has 0 bridgehead atoms. The van der Waals surface area contributed by atoms with E-state index in [1.54, 1.807) is 0 Å². The van der Waals surface area contributed by atoms with Gasteiger partial charge >= 0.3 is 6.03 Å². The van der Waals surface area contributed by atoms with Crippen molar-refractivity contribution >= 4 is 35.4 Å². The summed E-state index contributed by atoms with van der Waals surface area (Å²) in [4.78, 5) is 84.7. The van der Waals surface area contributed by atoms with Gasteiger partial charge in [0, 0.05) is 44.9 Å². The highest BCUT2D eigenvalue weighted by Crippen LogP contribution is 2.43. The second-order valence-corrected chi connectivity index (χ2v) is 16.6. The number of carbonyl (C=O) groups excluding carboxylic acids is 6. The summed E-state index contributed by atoms with van der Waals surface area (Å²) in [6.45, 7) is 14.7. The van der Waals surface area contributed by atoms with Gasteiger partial charge in [0.05, 0.1) is 23.8 Å². The van der Waals surface area contributed by atoms with E-state index in [4.69, 9.17) is 11.2 Å². The van der Waals surface area contributed by atoms with E-state index in [0.29, 0.717) is 25.9 Å². The molecule has 0 aromatic heterocycles. The van der Waals surface area contributed by atoms with Crippen molar-refractivity contribution in [1.82, 2.24) is 31.1 Å². The minimum absolute atomic E-state index is 0.0454. The number of amides is 6. The van der Waals surface area contributed by atoms with E-state index in [9.17, 15) is 28.8 Å². The maximum atomic E-state index is 14.8. The molecule has 3 saturated heterocycles. The van der Waals surface area contributed by atoms with E-state index in [2.05, 4.69) is 33.8 Å². The van der Waals surface area contributed by atoms with Crippen LogP contribution in [0.3, 0.4) is 0 Å². The molecule has 6 atom stereocenters. The van der Waals surface area contributed by atoms with Gasteiger partial charge < -0.3 is 35.8 Å². The lowest BCUT2D eigenvalue weighted by Gasteiger charge is -2.39. The van der Waals surface area contributed by atoms with Crippen molar-refractivity contribution in [2.45, 2.75) is 141 Å². The van der Waals surface area contributed by atoms with Crippen molar-refractivity contribution in [3.8, 4) is 12.3 Å². The Morgan fingerprint density at radius 3 is 2.40 bits per heavy atom. The number of nitrogens with zero attached hydrogens (tertiary/aromatic N) is 2. The molecule has 0 aromatic rings. The lowest BCUT2D eigenvalue weighted by atomic mass is 9.83. The number of ether oxygens (including phenoxy) is 1. The zero-order valence-corrected chi connectivity index (χ0v) is 31.8. The van der Waals surface area contributed by atoms with E-state index in [-0.39, 0.29) is 61.0 Å². The number of ketones is 1. The Morgan fingerprint density at radius 2 is 1.77 bits per heavy atom. The molecule has 4 fully saturated rings. The first-order valence-electron chi connectivity index (χ1n) is 19.1. The highest BCUT2D eigenvalue weighted by molar-refractivity contribution is 6.38. The fourth-order valence-electron chi connectivity index (χ4n) is 8.18. The first-order chi connectivity index (χ1) is 24.6. The summed E-state index contributed by atoms with van der Waals surface area (Å²) in [6, 6.07) is -3.99. The normalized spacial score (nSPS) is 24.8. The number of rotatable bonds is 14. The lowest BCUT2D eigenvalue weighted by Crippen LogP contribution is -2.61. The molecule has 52 heavy (non-hydrogen) atoms. The molecular formula is C39H60N6O7. The van der Waals surface area contributed by atoms with Gasteiger partial charge in [0.2, 0.25) is 23.5 Å². The predicted octanol–water partition coefficient (Wildman–Crippen LogP) is 2.83. The monoisotopic (exact) mass is 724 g/mol. The molecule has 4 N–H and O–H groups in total. The predicted molar refractivity (Wildman–Crippen MR) is 196 cm³/mol. The van der Waals surface area contributed by atoms with Crippen LogP contribution in [0.4, 0.5) is 4.79 Å². The van der Waals surface area contributed by atoms with Gasteiger partial charge in [0.15, 0.2) is 0 Å². The van der Waals surface area contributed by atoms with Crippen LogP contribution in [0.25, 0.3) is 0 Å². The smallest absolute Gasteiger partial charge is 0.315 e. The second kappa shape index (κ2) is 17.7. The molecule has 1 saturated carbocycles. The van der Waals surface area contributed by atoms with Crippen LogP contribution in [0.2, 0.25) is 0 Å². The SMILES string of the molecule is C#CCCC(NC(=O)[C@@H]1[C@H]2CC(C)(C)O[C@H]2CN1C(=O)[C@@H](NC(=O)N[C@H](CN1CCCCC1=O)C(C)(C)C)C1CCCCC1)C(=O)C(=O)NCC=C. The van der Waals surface area contributed by atoms with Crippen LogP contribution in [0, 0.1) is 29.6 Å². The second-order valence-electron chi connectivity index (χ2n) is 16.6. The average molecular weight is 725 g/mol. The van der Waals surface area contributed by atoms with Crippen LogP contribution in [0.5, 0.6) is 0 Å². The Bertz CT molecular complexity index is 1390. The zero-order valence-electron chi connectivity index (χ0n) is 31.8. The Labute approximate surface area is 309 Å². The van der Waals surface area contributed by atoms with Gasteiger partial charge in [-0.1, -0.05) is 46.1 Å². The summed E-state index contributed by atoms with van der Waals surface area (Å²) in [5, 5.41) is 11.3. The highest BCUT2D eigenvalue weighted by Gasteiger charge is 2.56. The maximum Gasteiger partial charge on any atom is 0.315 e. The quantitative estimate of drug-likeness (QED) is 0.122. The van der Waals surface area contributed by atoms with Gasteiger partial charge in [-0.25, -0.2) is 4.79 Å². The highest BCUT2D eigenvalue weighted by atomic mass is 16.5. The van der Waals surface area contributed by atoms with Crippen molar-refractivity contribution in [1.29, 1.82) is 0 Å². The van der Waals surface area contributed by atoms with E-state index in [1.165, 1.54) is 11.0 Å². The van der Waals surface area contributed by atoms with Crippen LogP contribution >= 0.6 is 0 Å². The number of terminal acetylenes is 1. The number of piperidine rings is 1. The van der Waals surface area contributed by atoms with Gasteiger partial charge in [-0.05, 0) is 63.7 Å². The summed E-state index contributed by atoms with van der Waals surface area (Å²) in [5.74, 6) is -0.626. The molecule has 0 radical (unpaired) electrons. The van der Waals surface area contributed by atoms with E-state index in [1.807, 2.05) is 39.5 Å². The average Bonchev–Trinajstić information content (AvgIpc) is 3.59. The van der Waals surface area contributed by atoms with E-state index in [0.717, 1.165) is 44.9 Å². The molecular weight excluding hydrogens is 664 g/mol. The minimum Gasteiger partial charge on any atom is -0.370 e. The van der Waals surface area contributed by atoms with Crippen LogP contribution in [-0.2, 0) is 28.7 Å². The Kier molecular flexibility index (Phi) is 13.9. The van der Waals surface area contributed by atoms with Gasteiger partial charge in [-0.15, -0.1) is 18.9 Å². The molecule has 3 aliphatic heterocycles. The standard InChI is InChI=1S/C39H60N6O7/c1-8-10-18-27(33(47)35(49)40-20-9-2)41-34(48)32-26-22-39(6,7)52-28(26)23-45(32)36(50)31(25-16-12-11-13-17-25)43-37(51)42-29(38(3,4)5)24-44-21-15-14-19-30(44)46/h1,9,25-29,31-32H,2,10-24H2,3-7H3,(H,40,49)(H,41,48)(H2,42,43,51)/t26-,27?,28-,29+,31-,32-/m0/s1. The molecule has 13 nitrogen and oxygen atoms in total. The molecule has 6 amide bonds. The van der Waals surface area contributed by atoms with Crippen LogP contribution in [0.15, 0.2) is 12.7 Å². The van der Waals surface area contributed by atoms with Crippen molar-refractivity contribution in [3.63, 3.8) is 0 Å². The third-order valence-corrected chi connectivity index (χ3v) is 11.0. The van der Waals surface area contributed by atoms with Gasteiger partial charge in [0.1, 0.15) is 12.1 Å². The number of carbonyl (C=O) groups is 6. The molecule has 4 aliphatic rings. The summed E-state index contributed by atoms with van der Waals surface area (Å²) in [5.41, 5.74) is -0.917. The maximum absolute atomic E-state index is 14.8. The third kappa shape index (κ3) is 10.4. The molecule has 13 heteroatoms. The Balaban J connectivity index is 1.59. The first-order valence-corrected chi connectivity index (χ1v) is 19.1. The Hall–Kier alpha value is -3.92. The Morgan fingerprint density at radius 1 is 1.06 bits per heavy atom. The van der Waals surface area contributed by atoms with E-state index < -0.39 is 53.5 Å². The molecule has 0 spiro atoms. The molecule has 288 valence electrons. The van der Waals surface area contributed by atoms with Crippen LogP contribution in [-0.4, -0.2) is 107 Å². The van der Waals surface area contributed by atoms with Gasteiger partial charge in [0.25, 0.3) is 5.91 Å². The first kappa shape index (κ1) is 40.8. The number of nitrogens with one attached hydrogen (secondary N) is 4. The zero-order chi connectivity index (χ0) is 38.2. The molecule has 1 aliphatic carbocycles. The van der Waals surface area contributed by atoms with Gasteiger partial charge in [-0.2, -0.15) is 0 Å². The summed E-state index contributed by atoms with van der Waals surface area (Å²) < 4.78 is 6.34. The van der Waals surface area contributed by atoms with Crippen molar-refractivity contribution in [2.24, 2.45) is 17.3 Å². The number of hydrogen-bond acceptors (Lipinski definition) is 7. The number of fused-ring (bicyclic) bond motifs is 1. The third-order valence-electron chi connectivity index (χ3n) is 11.0.